The Morgan fingerprint density at radius 2 is 2.37 bits per heavy atom. The van der Waals surface area contributed by atoms with Crippen LogP contribution in [0.4, 0.5) is 0 Å². The third-order valence-electron chi connectivity index (χ3n) is 2.53. The number of ether oxygens (including phenoxy) is 1. The van der Waals surface area contributed by atoms with Crippen molar-refractivity contribution < 1.29 is 9.66 Å². The van der Waals surface area contributed by atoms with Crippen LogP contribution in [-0.4, -0.2) is 18.6 Å². The molecular weight excluding hydrogens is 264 g/mol. The highest BCUT2D eigenvalue weighted by Gasteiger charge is 2.11. The summed E-state index contributed by atoms with van der Waals surface area (Å²) in [6.45, 7) is 1.97. The van der Waals surface area contributed by atoms with Gasteiger partial charge in [0.05, 0.1) is 11.5 Å². The first-order valence-corrected chi connectivity index (χ1v) is 6.41. The topological polar surface area (TPSA) is 76.2 Å². The second kappa shape index (κ2) is 7.56. The van der Waals surface area contributed by atoms with Crippen LogP contribution in [-0.2, 0) is 11.2 Å². The van der Waals surface area contributed by atoms with Crippen LogP contribution in [0, 0.1) is 20.8 Å². The maximum atomic E-state index is 10.7. The minimum atomic E-state index is -0.437. The molecular formula is C13H14N2O3S. The molecule has 0 aliphatic carbocycles. The van der Waals surface area contributed by atoms with E-state index in [1.165, 1.54) is 13.0 Å². The number of nitro groups is 1. The Balaban J connectivity index is 3.25. The average Bonchev–Trinajstić information content (AvgIpc) is 2.39. The van der Waals surface area contributed by atoms with E-state index in [0.717, 1.165) is 27.8 Å². The number of rotatable bonds is 6. The number of hydrogen-bond acceptors (Lipinski definition) is 5. The van der Waals surface area contributed by atoms with Crippen molar-refractivity contribution >= 4 is 17.8 Å². The lowest BCUT2D eigenvalue weighted by atomic mass is 10.0. The number of nitriles is 1. The molecule has 0 aromatic heterocycles. The zero-order valence-electron chi connectivity index (χ0n) is 10.8. The van der Waals surface area contributed by atoms with Gasteiger partial charge in [-0.05, 0) is 35.4 Å². The Hall–Kier alpha value is -1.84. The molecule has 0 fully saturated rings. The van der Waals surface area contributed by atoms with Gasteiger partial charge < -0.3 is 4.74 Å². The first-order valence-electron chi connectivity index (χ1n) is 5.59. The lowest BCUT2D eigenvalue weighted by molar-refractivity contribution is -0.422. The summed E-state index contributed by atoms with van der Waals surface area (Å²) in [5.41, 5.74) is 1.70. The van der Waals surface area contributed by atoms with E-state index in [1.807, 2.05) is 17.5 Å². The van der Waals surface area contributed by atoms with Gasteiger partial charge in [0.1, 0.15) is 5.40 Å². The van der Waals surface area contributed by atoms with Crippen LogP contribution >= 0.6 is 11.8 Å². The van der Waals surface area contributed by atoms with Gasteiger partial charge in [0.25, 0.3) is 0 Å². The van der Waals surface area contributed by atoms with Gasteiger partial charge in [-0.1, -0.05) is 12.1 Å². The van der Waals surface area contributed by atoms with Crippen molar-refractivity contribution in [2.75, 3.05) is 13.7 Å². The molecule has 0 atom stereocenters. The van der Waals surface area contributed by atoms with Crippen molar-refractivity contribution in [1.29, 1.82) is 5.26 Å². The normalized spacial score (nSPS) is 11.1. The fraction of sp³-hybridized carbons (Fsp3) is 0.308. The molecule has 0 heterocycles. The Labute approximate surface area is 116 Å². The fourth-order valence-electron chi connectivity index (χ4n) is 1.58. The number of thiocyanates is 1. The van der Waals surface area contributed by atoms with Crippen LogP contribution in [0.25, 0.3) is 6.08 Å². The monoisotopic (exact) mass is 278 g/mol. The molecule has 1 rings (SSSR count). The van der Waals surface area contributed by atoms with Crippen LogP contribution in [0.5, 0.6) is 0 Å². The number of hydrogen-bond donors (Lipinski definition) is 0. The van der Waals surface area contributed by atoms with Crippen molar-refractivity contribution in [2.45, 2.75) is 18.2 Å². The predicted octanol–water partition coefficient (Wildman–Crippen LogP) is 3.09. The predicted molar refractivity (Wildman–Crippen MR) is 74.1 cm³/mol. The minimum Gasteiger partial charge on any atom is -0.384 e. The molecule has 100 valence electrons. The Morgan fingerprint density at radius 3 is 2.95 bits per heavy atom. The molecule has 0 N–H and O–H groups in total. The Morgan fingerprint density at radius 1 is 1.63 bits per heavy atom. The lowest BCUT2D eigenvalue weighted by Gasteiger charge is -2.09. The molecule has 0 unspecified atom stereocenters. The summed E-state index contributed by atoms with van der Waals surface area (Å²) < 4.78 is 5.03. The van der Waals surface area contributed by atoms with Crippen molar-refractivity contribution in [3.8, 4) is 5.40 Å². The van der Waals surface area contributed by atoms with Gasteiger partial charge in [0.2, 0.25) is 5.70 Å². The van der Waals surface area contributed by atoms with Crippen LogP contribution < -0.4 is 0 Å². The van der Waals surface area contributed by atoms with Gasteiger partial charge in [-0.3, -0.25) is 10.1 Å². The first-order chi connectivity index (χ1) is 9.10. The molecule has 0 saturated heterocycles. The second-order valence-electron chi connectivity index (χ2n) is 3.81. The van der Waals surface area contributed by atoms with Crippen molar-refractivity contribution in [1.82, 2.24) is 0 Å². The molecule has 0 radical (unpaired) electrons. The second-order valence-corrected chi connectivity index (χ2v) is 4.63. The van der Waals surface area contributed by atoms with E-state index in [0.29, 0.717) is 13.0 Å². The molecule has 0 bridgehead atoms. The van der Waals surface area contributed by atoms with Gasteiger partial charge >= 0.3 is 0 Å². The summed E-state index contributed by atoms with van der Waals surface area (Å²) in [5, 5.41) is 21.5. The summed E-state index contributed by atoms with van der Waals surface area (Å²) in [6.07, 6.45) is 2.15. The maximum absolute atomic E-state index is 10.7. The zero-order chi connectivity index (χ0) is 14.3. The fourth-order valence-corrected chi connectivity index (χ4v) is 2.13. The SMILES string of the molecule is COCCc1cccc(SC#N)c1C=C(C)[N+](=O)[O-]. The molecule has 1 aromatic rings. The number of nitrogens with zero attached hydrogens (tertiary/aromatic N) is 2. The van der Waals surface area contributed by atoms with Crippen LogP contribution in [0.15, 0.2) is 28.8 Å². The molecule has 0 spiro atoms. The van der Waals surface area contributed by atoms with Gasteiger partial charge in [0, 0.05) is 25.0 Å². The Bertz CT molecular complexity index is 535. The molecule has 0 aliphatic rings. The summed E-state index contributed by atoms with van der Waals surface area (Å²) in [5.74, 6) is 0. The first kappa shape index (κ1) is 15.2. The Kier molecular flexibility index (Phi) is 6.06. The van der Waals surface area contributed by atoms with Gasteiger partial charge in [-0.2, -0.15) is 5.26 Å². The van der Waals surface area contributed by atoms with Crippen molar-refractivity contribution in [3.05, 3.63) is 45.1 Å². The van der Waals surface area contributed by atoms with Crippen molar-refractivity contribution in [2.24, 2.45) is 0 Å². The van der Waals surface area contributed by atoms with Crippen LogP contribution in [0.3, 0.4) is 0 Å². The molecule has 1 aromatic carbocycles. The smallest absolute Gasteiger partial charge is 0.243 e. The number of allylic oxidation sites excluding steroid dienone is 1. The van der Waals surface area contributed by atoms with E-state index in [2.05, 4.69) is 0 Å². The maximum Gasteiger partial charge on any atom is 0.243 e. The summed E-state index contributed by atoms with van der Waals surface area (Å²) >= 11 is 1.00. The van der Waals surface area contributed by atoms with Gasteiger partial charge in [-0.15, -0.1) is 0 Å². The van der Waals surface area contributed by atoms with E-state index < -0.39 is 4.92 Å². The number of thioether (sulfide) groups is 1. The van der Waals surface area contributed by atoms with Crippen LogP contribution in [0.2, 0.25) is 0 Å². The molecule has 0 saturated carbocycles. The van der Waals surface area contributed by atoms with E-state index in [9.17, 15) is 10.1 Å². The molecule has 0 aliphatic heterocycles. The van der Waals surface area contributed by atoms with E-state index in [4.69, 9.17) is 10.00 Å². The third-order valence-corrected chi connectivity index (χ3v) is 3.20. The van der Waals surface area contributed by atoms with Crippen LogP contribution in [0.1, 0.15) is 18.1 Å². The highest BCUT2D eigenvalue weighted by atomic mass is 32.2. The van der Waals surface area contributed by atoms with E-state index >= 15 is 0 Å². The third kappa shape index (κ3) is 4.39. The highest BCUT2D eigenvalue weighted by molar-refractivity contribution is 8.03. The summed E-state index contributed by atoms with van der Waals surface area (Å²) in [6, 6.07) is 5.51. The largest absolute Gasteiger partial charge is 0.384 e. The lowest BCUT2D eigenvalue weighted by Crippen LogP contribution is -2.00. The van der Waals surface area contributed by atoms with E-state index in [1.54, 1.807) is 13.2 Å². The summed E-state index contributed by atoms with van der Waals surface area (Å²) in [4.78, 5) is 11.0. The van der Waals surface area contributed by atoms with Gasteiger partial charge in [0.15, 0.2) is 0 Å². The zero-order valence-corrected chi connectivity index (χ0v) is 11.6. The van der Waals surface area contributed by atoms with Crippen molar-refractivity contribution in [3.63, 3.8) is 0 Å². The van der Waals surface area contributed by atoms with E-state index in [-0.39, 0.29) is 5.70 Å². The summed E-state index contributed by atoms with van der Waals surface area (Å²) in [7, 11) is 1.60. The molecule has 6 heteroatoms. The molecule has 19 heavy (non-hydrogen) atoms. The average molecular weight is 278 g/mol. The minimum absolute atomic E-state index is 0.0460. The standard InChI is InChI=1S/C13H14N2O3S/c1-10(15(16)17)8-12-11(6-7-18-2)4-3-5-13(12)19-9-14/h3-5,8H,6-7H2,1-2H3. The number of benzene rings is 1. The quantitative estimate of drug-likeness (QED) is 0.346. The van der Waals surface area contributed by atoms with Gasteiger partial charge in [-0.25, -0.2) is 0 Å². The highest BCUT2D eigenvalue weighted by Crippen LogP contribution is 2.27. The molecule has 5 nitrogen and oxygen atoms in total. The molecule has 0 amide bonds. The number of methoxy groups -OCH3 is 1.